The fourth-order valence-corrected chi connectivity index (χ4v) is 1.51. The minimum absolute atomic E-state index is 0.0714. The summed E-state index contributed by atoms with van der Waals surface area (Å²) < 4.78 is 13.5. The summed E-state index contributed by atoms with van der Waals surface area (Å²) >= 11 is 0. The second kappa shape index (κ2) is 5.77. The molecule has 0 saturated carbocycles. The minimum atomic E-state index is -0.612. The first kappa shape index (κ1) is 13.6. The lowest BCUT2D eigenvalue weighted by Gasteiger charge is -2.18. The van der Waals surface area contributed by atoms with E-state index in [0.717, 1.165) is 6.42 Å². The van der Waals surface area contributed by atoms with Crippen molar-refractivity contribution >= 4 is 11.6 Å². The molecule has 0 radical (unpaired) electrons. The van der Waals surface area contributed by atoms with Gasteiger partial charge in [-0.2, -0.15) is 0 Å². The van der Waals surface area contributed by atoms with Crippen molar-refractivity contribution in [3.8, 4) is 0 Å². The van der Waals surface area contributed by atoms with Gasteiger partial charge in [-0.25, -0.2) is 4.39 Å². The normalized spacial score (nSPS) is 14.2. The molecule has 2 unspecified atom stereocenters. The van der Waals surface area contributed by atoms with Crippen LogP contribution in [0.25, 0.3) is 0 Å². The fraction of sp³-hybridized carbons (Fsp3) is 0.462. The van der Waals surface area contributed by atoms with Gasteiger partial charge in [0.05, 0.1) is 11.7 Å². The minimum Gasteiger partial charge on any atom is -0.322 e. The smallest absolute Gasteiger partial charge is 0.241 e. The monoisotopic (exact) mass is 238 g/mol. The third kappa shape index (κ3) is 3.27. The van der Waals surface area contributed by atoms with Crippen LogP contribution in [0.1, 0.15) is 25.8 Å². The van der Waals surface area contributed by atoms with Gasteiger partial charge in [0.15, 0.2) is 0 Å². The Morgan fingerprint density at radius 3 is 2.71 bits per heavy atom. The van der Waals surface area contributed by atoms with E-state index in [1.165, 1.54) is 6.07 Å². The van der Waals surface area contributed by atoms with E-state index in [-0.39, 0.29) is 17.5 Å². The number of halogens is 1. The Hall–Kier alpha value is -1.42. The molecule has 3 N–H and O–H groups in total. The third-order valence-corrected chi connectivity index (χ3v) is 3.03. The van der Waals surface area contributed by atoms with Crippen molar-refractivity contribution in [3.63, 3.8) is 0 Å². The molecule has 0 aliphatic rings. The first-order valence-electron chi connectivity index (χ1n) is 5.79. The molecule has 1 rings (SSSR count). The van der Waals surface area contributed by atoms with Crippen LogP contribution in [0.15, 0.2) is 18.2 Å². The van der Waals surface area contributed by atoms with Crippen molar-refractivity contribution in [3.05, 3.63) is 29.6 Å². The average molecular weight is 238 g/mol. The second-order valence-corrected chi connectivity index (χ2v) is 4.33. The van der Waals surface area contributed by atoms with Crippen molar-refractivity contribution < 1.29 is 9.18 Å². The highest BCUT2D eigenvalue weighted by atomic mass is 19.1. The van der Waals surface area contributed by atoms with Gasteiger partial charge < -0.3 is 11.1 Å². The number of hydrogen-bond donors (Lipinski definition) is 2. The Morgan fingerprint density at radius 1 is 1.53 bits per heavy atom. The van der Waals surface area contributed by atoms with E-state index in [2.05, 4.69) is 5.32 Å². The Labute approximate surface area is 101 Å². The predicted molar refractivity (Wildman–Crippen MR) is 67.2 cm³/mol. The lowest BCUT2D eigenvalue weighted by molar-refractivity contribution is -0.118. The highest BCUT2D eigenvalue weighted by molar-refractivity contribution is 5.95. The van der Waals surface area contributed by atoms with Gasteiger partial charge in [0.1, 0.15) is 5.82 Å². The maximum atomic E-state index is 13.5. The molecule has 0 bridgehead atoms. The van der Waals surface area contributed by atoms with Gasteiger partial charge in [0, 0.05) is 0 Å². The van der Waals surface area contributed by atoms with E-state index in [0.29, 0.717) is 5.56 Å². The molecule has 0 aliphatic carbocycles. The van der Waals surface area contributed by atoms with Crippen molar-refractivity contribution in [2.75, 3.05) is 5.32 Å². The number of carbonyl (C=O) groups is 1. The van der Waals surface area contributed by atoms with Crippen LogP contribution in [0.5, 0.6) is 0 Å². The fourth-order valence-electron chi connectivity index (χ4n) is 1.51. The van der Waals surface area contributed by atoms with Crippen molar-refractivity contribution in [1.29, 1.82) is 0 Å². The van der Waals surface area contributed by atoms with E-state index in [1.54, 1.807) is 19.1 Å². The molecule has 0 spiro atoms. The van der Waals surface area contributed by atoms with Crippen LogP contribution in [0, 0.1) is 18.7 Å². The summed E-state index contributed by atoms with van der Waals surface area (Å²) in [6.45, 7) is 5.61. The molecule has 3 nitrogen and oxygen atoms in total. The van der Waals surface area contributed by atoms with Crippen molar-refractivity contribution in [2.24, 2.45) is 11.7 Å². The van der Waals surface area contributed by atoms with Gasteiger partial charge >= 0.3 is 0 Å². The number of carbonyl (C=O) groups excluding carboxylic acids is 1. The van der Waals surface area contributed by atoms with E-state index in [4.69, 9.17) is 5.73 Å². The summed E-state index contributed by atoms with van der Waals surface area (Å²) in [4.78, 5) is 11.8. The highest BCUT2D eigenvalue weighted by Gasteiger charge is 2.20. The van der Waals surface area contributed by atoms with Crippen LogP contribution >= 0.6 is 0 Å². The van der Waals surface area contributed by atoms with E-state index in [9.17, 15) is 9.18 Å². The van der Waals surface area contributed by atoms with E-state index >= 15 is 0 Å². The van der Waals surface area contributed by atoms with Crippen LogP contribution in [0.2, 0.25) is 0 Å². The van der Waals surface area contributed by atoms with Gasteiger partial charge in [-0.1, -0.05) is 32.4 Å². The zero-order valence-electron chi connectivity index (χ0n) is 10.5. The molecule has 1 aromatic carbocycles. The summed E-state index contributed by atoms with van der Waals surface area (Å²) in [6.07, 6.45) is 0.810. The zero-order chi connectivity index (χ0) is 13.0. The van der Waals surface area contributed by atoms with Gasteiger partial charge in [0.25, 0.3) is 0 Å². The molecule has 4 heteroatoms. The van der Waals surface area contributed by atoms with Crippen LogP contribution in [-0.4, -0.2) is 11.9 Å². The maximum Gasteiger partial charge on any atom is 0.241 e. The Bertz CT molecular complexity index is 386. The Morgan fingerprint density at radius 2 is 2.18 bits per heavy atom. The average Bonchev–Trinajstić information content (AvgIpc) is 2.31. The SMILES string of the molecule is CCC(C)C(N)C(=O)Nc1c(C)cccc1F. The molecular weight excluding hydrogens is 219 g/mol. The number of anilines is 1. The van der Waals surface area contributed by atoms with E-state index in [1.807, 2.05) is 13.8 Å². The Kier molecular flexibility index (Phi) is 4.63. The van der Waals surface area contributed by atoms with Crippen LogP contribution < -0.4 is 11.1 Å². The molecule has 17 heavy (non-hydrogen) atoms. The van der Waals surface area contributed by atoms with Gasteiger partial charge in [-0.3, -0.25) is 4.79 Å². The first-order valence-corrected chi connectivity index (χ1v) is 5.79. The van der Waals surface area contributed by atoms with Gasteiger partial charge in [-0.15, -0.1) is 0 Å². The number of para-hydroxylation sites is 1. The molecule has 1 aromatic rings. The van der Waals surface area contributed by atoms with Crippen molar-refractivity contribution in [2.45, 2.75) is 33.2 Å². The standard InChI is InChI=1S/C13H19FN2O/c1-4-8(2)11(15)13(17)16-12-9(3)6-5-7-10(12)14/h5-8,11H,4,15H2,1-3H3,(H,16,17). The molecule has 0 aromatic heterocycles. The number of rotatable bonds is 4. The number of aryl methyl sites for hydroxylation is 1. The number of nitrogens with one attached hydrogen (secondary N) is 1. The molecule has 1 amide bonds. The quantitative estimate of drug-likeness (QED) is 0.846. The predicted octanol–water partition coefficient (Wildman–Crippen LogP) is 2.45. The first-order chi connectivity index (χ1) is 7.97. The molecular formula is C13H19FN2O. The Balaban J connectivity index is 2.81. The number of hydrogen-bond acceptors (Lipinski definition) is 2. The largest absolute Gasteiger partial charge is 0.322 e. The summed E-state index contributed by atoms with van der Waals surface area (Å²) in [5.74, 6) is -0.704. The van der Waals surface area contributed by atoms with E-state index < -0.39 is 11.9 Å². The number of benzene rings is 1. The summed E-state index contributed by atoms with van der Waals surface area (Å²) in [6, 6.07) is 4.05. The molecule has 0 heterocycles. The van der Waals surface area contributed by atoms with Gasteiger partial charge in [-0.05, 0) is 24.5 Å². The molecule has 2 atom stereocenters. The highest BCUT2D eigenvalue weighted by Crippen LogP contribution is 2.19. The molecule has 94 valence electrons. The molecule has 0 aliphatic heterocycles. The summed E-state index contributed by atoms with van der Waals surface area (Å²) in [5, 5.41) is 2.55. The lowest BCUT2D eigenvalue weighted by Crippen LogP contribution is -2.40. The lowest BCUT2D eigenvalue weighted by atomic mass is 9.99. The van der Waals surface area contributed by atoms with Crippen LogP contribution in [-0.2, 0) is 4.79 Å². The summed E-state index contributed by atoms with van der Waals surface area (Å²) in [7, 11) is 0. The summed E-state index contributed by atoms with van der Waals surface area (Å²) in [5.41, 5.74) is 6.69. The molecule has 0 fully saturated rings. The maximum absolute atomic E-state index is 13.5. The second-order valence-electron chi connectivity index (χ2n) is 4.33. The topological polar surface area (TPSA) is 55.1 Å². The van der Waals surface area contributed by atoms with Crippen molar-refractivity contribution in [1.82, 2.24) is 0 Å². The molecule has 0 saturated heterocycles. The van der Waals surface area contributed by atoms with Crippen LogP contribution in [0.4, 0.5) is 10.1 Å². The van der Waals surface area contributed by atoms with Crippen LogP contribution in [0.3, 0.4) is 0 Å². The number of nitrogens with two attached hydrogens (primary N) is 1. The number of amides is 1. The van der Waals surface area contributed by atoms with Gasteiger partial charge in [0.2, 0.25) is 5.91 Å². The zero-order valence-corrected chi connectivity index (χ0v) is 10.5. The third-order valence-electron chi connectivity index (χ3n) is 3.03.